The molecule has 0 radical (unpaired) electrons. The Hall–Kier alpha value is -2.44. The van der Waals surface area contributed by atoms with Gasteiger partial charge in [0.2, 0.25) is 5.91 Å². The number of amides is 1. The molecule has 3 aromatic rings. The van der Waals surface area contributed by atoms with Crippen molar-refractivity contribution in [1.29, 1.82) is 0 Å². The fourth-order valence-electron chi connectivity index (χ4n) is 3.64. The van der Waals surface area contributed by atoms with Crippen molar-refractivity contribution in [2.75, 3.05) is 10.5 Å². The molecule has 0 aromatic heterocycles. The van der Waals surface area contributed by atoms with Gasteiger partial charge in [-0.1, -0.05) is 49.7 Å². The van der Waals surface area contributed by atoms with Crippen LogP contribution in [0.25, 0.3) is 10.8 Å². The summed E-state index contributed by atoms with van der Waals surface area (Å²) in [5.74, 6) is -0.711. The molecule has 0 aliphatic rings. The fraction of sp³-hybridized carbons (Fsp3) is 0.292. The number of benzene rings is 3. The minimum absolute atomic E-state index is 0.0195. The van der Waals surface area contributed by atoms with Gasteiger partial charge in [0.1, 0.15) is 5.75 Å². The van der Waals surface area contributed by atoms with Gasteiger partial charge in [-0.05, 0) is 42.7 Å². The van der Waals surface area contributed by atoms with Crippen LogP contribution in [0, 0.1) is 5.92 Å². The highest BCUT2D eigenvalue weighted by Crippen LogP contribution is 2.40. The Kier molecular flexibility index (Phi) is 9.54. The predicted molar refractivity (Wildman–Crippen MR) is 145 cm³/mol. The van der Waals surface area contributed by atoms with Crippen LogP contribution in [0.5, 0.6) is 5.75 Å². The highest BCUT2D eigenvalue weighted by Gasteiger charge is 2.26. The molecule has 0 aliphatic carbocycles. The van der Waals surface area contributed by atoms with Crippen LogP contribution in [0.2, 0.25) is 5.02 Å². The van der Waals surface area contributed by atoms with Crippen molar-refractivity contribution in [3.63, 3.8) is 0 Å². The summed E-state index contributed by atoms with van der Waals surface area (Å²) < 4.78 is 28.5. The van der Waals surface area contributed by atoms with Crippen molar-refractivity contribution >= 4 is 62.9 Å². The number of nitrogens with one attached hydrogen (secondary N) is 2. The maximum absolute atomic E-state index is 13.0. The van der Waals surface area contributed by atoms with E-state index in [2.05, 4.69) is 10.0 Å². The second kappa shape index (κ2) is 12.2. The Balaban J connectivity index is 1.79. The van der Waals surface area contributed by atoms with E-state index in [1.807, 2.05) is 13.8 Å². The van der Waals surface area contributed by atoms with Gasteiger partial charge in [-0.15, -0.1) is 11.8 Å². The number of hydrogen-bond acceptors (Lipinski definition) is 7. The lowest BCUT2D eigenvalue weighted by atomic mass is 9.75. The quantitative estimate of drug-likeness (QED) is 0.138. The summed E-state index contributed by atoms with van der Waals surface area (Å²) in [6, 6.07) is 14.2. The molecule has 0 unspecified atom stereocenters. The monoisotopic (exact) mass is 550 g/mol. The number of fused-ring (bicyclic) bond motifs is 1. The lowest BCUT2D eigenvalue weighted by molar-refractivity contribution is -0.121. The number of rotatable bonds is 11. The Morgan fingerprint density at radius 2 is 1.72 bits per heavy atom. The van der Waals surface area contributed by atoms with Gasteiger partial charge in [0, 0.05) is 28.0 Å². The van der Waals surface area contributed by atoms with Crippen LogP contribution < -0.4 is 10.0 Å². The Labute approximate surface area is 220 Å². The second-order valence-corrected chi connectivity index (χ2v) is 11.9. The summed E-state index contributed by atoms with van der Waals surface area (Å²) in [7, 11) is -5.59. The van der Waals surface area contributed by atoms with Gasteiger partial charge >= 0.3 is 7.12 Å². The Morgan fingerprint density at radius 3 is 2.33 bits per heavy atom. The lowest BCUT2D eigenvalue weighted by Gasteiger charge is -2.19. The zero-order valence-electron chi connectivity index (χ0n) is 19.8. The van der Waals surface area contributed by atoms with Crippen LogP contribution >= 0.6 is 23.4 Å². The van der Waals surface area contributed by atoms with Crippen molar-refractivity contribution < 1.29 is 28.4 Å². The molecule has 0 saturated carbocycles. The van der Waals surface area contributed by atoms with Gasteiger partial charge in [-0.2, -0.15) is 0 Å². The fourth-order valence-corrected chi connectivity index (χ4v) is 5.79. The molecule has 8 nitrogen and oxygen atoms in total. The van der Waals surface area contributed by atoms with Crippen molar-refractivity contribution in [2.24, 2.45) is 5.92 Å². The summed E-state index contributed by atoms with van der Waals surface area (Å²) in [6.45, 7) is 3.83. The zero-order valence-corrected chi connectivity index (χ0v) is 22.2. The number of phenolic OH excluding ortho intramolecular Hbond substituents is 1. The van der Waals surface area contributed by atoms with E-state index in [1.165, 1.54) is 42.1 Å². The molecule has 3 rings (SSSR count). The van der Waals surface area contributed by atoms with Gasteiger partial charge in [0.25, 0.3) is 10.0 Å². The molecule has 0 heterocycles. The van der Waals surface area contributed by atoms with E-state index in [-0.39, 0.29) is 40.3 Å². The van der Waals surface area contributed by atoms with Gasteiger partial charge in [0.05, 0.1) is 21.4 Å². The number of sulfonamides is 1. The summed E-state index contributed by atoms with van der Waals surface area (Å²) >= 11 is 7.06. The predicted octanol–water partition coefficient (Wildman–Crippen LogP) is 4.02. The average Bonchev–Trinajstić information content (AvgIpc) is 2.81. The first-order chi connectivity index (χ1) is 17.0. The number of carbonyl (C=O) groups excluding carboxylic acids is 1. The molecule has 0 spiro atoms. The van der Waals surface area contributed by atoms with Crippen LogP contribution in [0.1, 0.15) is 26.7 Å². The first-order valence-corrected chi connectivity index (χ1v) is 14.1. The van der Waals surface area contributed by atoms with Crippen LogP contribution in [0.3, 0.4) is 0 Å². The number of carbonyl (C=O) groups is 1. The molecular weight excluding hydrogens is 523 g/mol. The number of hydrogen-bond donors (Lipinski definition) is 5. The second-order valence-electron chi connectivity index (χ2n) is 8.69. The summed E-state index contributed by atoms with van der Waals surface area (Å²) in [5, 5.41) is 33.9. The Bertz CT molecular complexity index is 1320. The largest absolute Gasteiger partial charge is 0.506 e. The van der Waals surface area contributed by atoms with Crippen LogP contribution in [-0.4, -0.2) is 48.3 Å². The molecule has 12 heteroatoms. The SMILES string of the molecule is CC(C)C[C@H](NC(=O)CCSc1cc(NS(=O)(=O)c2ccc(Cl)cc2)c2ccccc2c1O)B(O)O. The topological polar surface area (TPSA) is 136 Å². The van der Waals surface area contributed by atoms with Crippen LogP contribution in [-0.2, 0) is 14.8 Å². The molecule has 0 fully saturated rings. The van der Waals surface area contributed by atoms with Crippen molar-refractivity contribution in [3.05, 3.63) is 59.6 Å². The number of anilines is 1. The third kappa shape index (κ3) is 7.30. The van der Waals surface area contributed by atoms with E-state index in [0.29, 0.717) is 27.1 Å². The van der Waals surface area contributed by atoms with Crippen LogP contribution in [0.15, 0.2) is 64.4 Å². The third-order valence-electron chi connectivity index (χ3n) is 5.37. The van der Waals surface area contributed by atoms with E-state index in [0.717, 1.165) is 0 Å². The first kappa shape index (κ1) is 28.1. The summed E-state index contributed by atoms with van der Waals surface area (Å²) in [6.07, 6.45) is 0.475. The smallest absolute Gasteiger partial charge is 0.475 e. The van der Waals surface area contributed by atoms with Crippen molar-refractivity contribution in [2.45, 2.75) is 42.4 Å². The third-order valence-corrected chi connectivity index (χ3v) is 8.03. The molecule has 1 atom stereocenters. The molecule has 1 amide bonds. The number of phenols is 1. The van der Waals surface area contributed by atoms with Crippen LogP contribution in [0.4, 0.5) is 5.69 Å². The average molecular weight is 551 g/mol. The molecule has 36 heavy (non-hydrogen) atoms. The van der Waals surface area contributed by atoms with Crippen molar-refractivity contribution in [3.8, 4) is 5.75 Å². The highest BCUT2D eigenvalue weighted by molar-refractivity contribution is 7.99. The number of halogens is 1. The number of thioether (sulfide) groups is 1. The maximum Gasteiger partial charge on any atom is 0.475 e. The molecule has 3 aromatic carbocycles. The standard InChI is InChI=1S/C24H28BClN2O6S2/c1-15(2)13-22(25(31)32)27-23(29)11-12-35-21-14-20(18-5-3-4-6-19(18)24(21)30)28-36(33,34)17-9-7-16(26)8-10-17/h3-10,14-15,22,28,30-32H,11-13H2,1-2H3,(H,27,29)/t22-/m0/s1. The summed E-state index contributed by atoms with van der Waals surface area (Å²) in [4.78, 5) is 12.8. The summed E-state index contributed by atoms with van der Waals surface area (Å²) in [5.41, 5.74) is 0.283. The first-order valence-electron chi connectivity index (χ1n) is 11.3. The van der Waals surface area contributed by atoms with Crippen molar-refractivity contribution in [1.82, 2.24) is 5.32 Å². The molecule has 0 bridgehead atoms. The highest BCUT2D eigenvalue weighted by atomic mass is 35.5. The van der Waals surface area contributed by atoms with Gasteiger partial charge in [-0.25, -0.2) is 8.42 Å². The minimum atomic E-state index is -3.93. The Morgan fingerprint density at radius 1 is 1.08 bits per heavy atom. The number of aromatic hydroxyl groups is 1. The molecule has 0 aliphatic heterocycles. The lowest BCUT2D eigenvalue weighted by Crippen LogP contribution is -2.47. The maximum atomic E-state index is 13.0. The minimum Gasteiger partial charge on any atom is -0.506 e. The van der Waals surface area contributed by atoms with Gasteiger partial charge in [0.15, 0.2) is 0 Å². The van der Waals surface area contributed by atoms with Gasteiger partial charge in [-0.3, -0.25) is 9.52 Å². The molecule has 0 saturated heterocycles. The van der Waals surface area contributed by atoms with E-state index in [9.17, 15) is 28.4 Å². The van der Waals surface area contributed by atoms with E-state index in [1.54, 1.807) is 24.3 Å². The molecule has 5 N–H and O–H groups in total. The zero-order chi connectivity index (χ0) is 26.5. The van der Waals surface area contributed by atoms with E-state index >= 15 is 0 Å². The van der Waals surface area contributed by atoms with E-state index < -0.39 is 23.1 Å². The molecule has 192 valence electrons. The molecular formula is C24H28BClN2O6S2. The van der Waals surface area contributed by atoms with Gasteiger partial charge < -0.3 is 20.5 Å². The van der Waals surface area contributed by atoms with E-state index in [4.69, 9.17) is 11.6 Å². The normalized spacial score (nSPS) is 12.5.